The molecule has 1 aromatic heterocycles. The molecule has 3 aromatic rings. The van der Waals surface area contributed by atoms with Gasteiger partial charge in [0.05, 0.1) is 20.8 Å². The summed E-state index contributed by atoms with van der Waals surface area (Å²) in [5.74, 6) is -0.299. The second-order valence-electron chi connectivity index (χ2n) is 6.34. The standard InChI is InChI=1S/C19H21FN2OS/c1-13(11-18-22-16-5-3-4-6-17(16)24-18)21-12-19(2,23)14-7-9-15(20)10-8-14/h3-10,13,21,23H,11-12H2,1-2H3. The van der Waals surface area contributed by atoms with Crippen molar-refractivity contribution in [1.82, 2.24) is 10.3 Å². The van der Waals surface area contributed by atoms with Crippen molar-refractivity contribution in [2.24, 2.45) is 0 Å². The molecular formula is C19H21FN2OS. The lowest BCUT2D eigenvalue weighted by Gasteiger charge is -2.26. The zero-order valence-electron chi connectivity index (χ0n) is 13.8. The van der Waals surface area contributed by atoms with E-state index in [1.807, 2.05) is 18.2 Å². The van der Waals surface area contributed by atoms with Crippen molar-refractivity contribution in [1.29, 1.82) is 0 Å². The highest BCUT2D eigenvalue weighted by atomic mass is 32.1. The molecule has 2 N–H and O–H groups in total. The highest BCUT2D eigenvalue weighted by Gasteiger charge is 2.23. The van der Waals surface area contributed by atoms with Gasteiger partial charge in [0.15, 0.2) is 0 Å². The van der Waals surface area contributed by atoms with Crippen LogP contribution in [0.25, 0.3) is 10.2 Å². The van der Waals surface area contributed by atoms with Gasteiger partial charge in [-0.2, -0.15) is 0 Å². The van der Waals surface area contributed by atoms with Crippen LogP contribution in [0.1, 0.15) is 24.4 Å². The van der Waals surface area contributed by atoms with Crippen molar-refractivity contribution in [3.05, 3.63) is 64.9 Å². The smallest absolute Gasteiger partial charge is 0.123 e. The number of nitrogens with zero attached hydrogens (tertiary/aromatic N) is 1. The van der Waals surface area contributed by atoms with Crippen LogP contribution in [0.2, 0.25) is 0 Å². The maximum absolute atomic E-state index is 13.0. The third-order valence-electron chi connectivity index (χ3n) is 4.08. The van der Waals surface area contributed by atoms with Gasteiger partial charge in [0.25, 0.3) is 0 Å². The van der Waals surface area contributed by atoms with Gasteiger partial charge in [-0.15, -0.1) is 11.3 Å². The molecule has 0 aliphatic heterocycles. The first-order chi connectivity index (χ1) is 11.4. The molecule has 5 heteroatoms. The molecule has 3 nitrogen and oxygen atoms in total. The molecular weight excluding hydrogens is 323 g/mol. The zero-order chi connectivity index (χ0) is 17.2. The molecule has 0 aliphatic rings. The predicted molar refractivity (Wildman–Crippen MR) is 96.8 cm³/mol. The van der Waals surface area contributed by atoms with Crippen molar-refractivity contribution < 1.29 is 9.50 Å². The molecule has 0 bridgehead atoms. The van der Waals surface area contributed by atoms with Crippen LogP contribution in [0.5, 0.6) is 0 Å². The van der Waals surface area contributed by atoms with Gasteiger partial charge in [-0.1, -0.05) is 24.3 Å². The van der Waals surface area contributed by atoms with E-state index in [0.29, 0.717) is 12.1 Å². The van der Waals surface area contributed by atoms with Crippen molar-refractivity contribution in [2.75, 3.05) is 6.54 Å². The van der Waals surface area contributed by atoms with Crippen LogP contribution in [0.15, 0.2) is 48.5 Å². The van der Waals surface area contributed by atoms with Crippen molar-refractivity contribution in [2.45, 2.75) is 31.9 Å². The summed E-state index contributed by atoms with van der Waals surface area (Å²) in [7, 11) is 0. The number of benzene rings is 2. The first-order valence-electron chi connectivity index (χ1n) is 8.00. The van der Waals surface area contributed by atoms with Gasteiger partial charge in [-0.05, 0) is 43.7 Å². The summed E-state index contributed by atoms with van der Waals surface area (Å²) in [5, 5.41) is 15.0. The number of fused-ring (bicyclic) bond motifs is 1. The minimum Gasteiger partial charge on any atom is -0.384 e. The third-order valence-corrected chi connectivity index (χ3v) is 5.14. The average Bonchev–Trinajstić information content (AvgIpc) is 2.95. The van der Waals surface area contributed by atoms with Crippen molar-refractivity contribution in [3.8, 4) is 0 Å². The highest BCUT2D eigenvalue weighted by molar-refractivity contribution is 7.18. The Morgan fingerprint density at radius 1 is 1.21 bits per heavy atom. The molecule has 0 amide bonds. The van der Waals surface area contributed by atoms with E-state index in [9.17, 15) is 9.50 Å². The van der Waals surface area contributed by atoms with E-state index in [1.165, 1.54) is 16.8 Å². The molecule has 2 aromatic carbocycles. The topological polar surface area (TPSA) is 45.2 Å². The van der Waals surface area contributed by atoms with Gasteiger partial charge in [0.2, 0.25) is 0 Å². The van der Waals surface area contributed by atoms with E-state index in [0.717, 1.165) is 16.9 Å². The first kappa shape index (κ1) is 17.0. The number of para-hydroxylation sites is 1. The monoisotopic (exact) mass is 344 g/mol. The fourth-order valence-electron chi connectivity index (χ4n) is 2.63. The van der Waals surface area contributed by atoms with E-state index >= 15 is 0 Å². The fraction of sp³-hybridized carbons (Fsp3) is 0.316. The van der Waals surface area contributed by atoms with Gasteiger partial charge in [0.1, 0.15) is 5.82 Å². The minimum absolute atomic E-state index is 0.178. The molecule has 126 valence electrons. The Bertz CT molecular complexity index is 781. The molecule has 0 radical (unpaired) electrons. The minimum atomic E-state index is -1.05. The fourth-order valence-corrected chi connectivity index (χ4v) is 3.72. The molecule has 0 spiro atoms. The summed E-state index contributed by atoms with van der Waals surface area (Å²) in [5.41, 5.74) is 0.682. The SMILES string of the molecule is CC(Cc1nc2ccccc2s1)NCC(C)(O)c1ccc(F)cc1. The number of hydrogen-bond acceptors (Lipinski definition) is 4. The Balaban J connectivity index is 1.60. The van der Waals surface area contributed by atoms with Crippen LogP contribution >= 0.6 is 11.3 Å². The number of aromatic nitrogens is 1. The van der Waals surface area contributed by atoms with Crippen LogP contribution in [0, 0.1) is 5.82 Å². The molecule has 2 atom stereocenters. The summed E-state index contributed by atoms with van der Waals surface area (Å²) >= 11 is 1.70. The van der Waals surface area contributed by atoms with Gasteiger partial charge in [-0.25, -0.2) is 9.37 Å². The number of rotatable bonds is 6. The van der Waals surface area contributed by atoms with E-state index in [-0.39, 0.29) is 11.9 Å². The summed E-state index contributed by atoms with van der Waals surface area (Å²) in [6.45, 7) is 4.20. The van der Waals surface area contributed by atoms with Crippen LogP contribution < -0.4 is 5.32 Å². The number of hydrogen-bond donors (Lipinski definition) is 2. The number of nitrogens with one attached hydrogen (secondary N) is 1. The Labute approximate surface area is 145 Å². The van der Waals surface area contributed by atoms with Crippen molar-refractivity contribution >= 4 is 21.6 Å². The third kappa shape index (κ3) is 3.98. The van der Waals surface area contributed by atoms with E-state index in [1.54, 1.807) is 30.4 Å². The maximum Gasteiger partial charge on any atom is 0.123 e. The number of halogens is 1. The highest BCUT2D eigenvalue weighted by Crippen LogP contribution is 2.23. The van der Waals surface area contributed by atoms with Gasteiger partial charge in [-0.3, -0.25) is 0 Å². The predicted octanol–water partition coefficient (Wildman–Crippen LogP) is 3.86. The lowest BCUT2D eigenvalue weighted by Crippen LogP contribution is -2.40. The molecule has 0 fully saturated rings. The molecule has 1 heterocycles. The molecule has 24 heavy (non-hydrogen) atoms. The Hall–Kier alpha value is -1.82. The normalized spacial score (nSPS) is 15.3. The van der Waals surface area contributed by atoms with Crippen LogP contribution in [0.4, 0.5) is 4.39 Å². The second-order valence-corrected chi connectivity index (χ2v) is 7.46. The van der Waals surface area contributed by atoms with Gasteiger partial charge < -0.3 is 10.4 Å². The van der Waals surface area contributed by atoms with E-state index < -0.39 is 5.60 Å². The summed E-state index contributed by atoms with van der Waals surface area (Å²) in [6.07, 6.45) is 0.804. The van der Waals surface area contributed by atoms with Crippen LogP contribution in [0.3, 0.4) is 0 Å². The maximum atomic E-state index is 13.0. The summed E-state index contributed by atoms with van der Waals surface area (Å²) in [6, 6.07) is 14.3. The largest absolute Gasteiger partial charge is 0.384 e. The Kier molecular flexibility index (Phi) is 4.94. The van der Waals surface area contributed by atoms with Gasteiger partial charge >= 0.3 is 0 Å². The van der Waals surface area contributed by atoms with Crippen molar-refractivity contribution in [3.63, 3.8) is 0 Å². The Morgan fingerprint density at radius 2 is 1.92 bits per heavy atom. The van der Waals surface area contributed by atoms with Crippen LogP contribution in [-0.2, 0) is 12.0 Å². The summed E-state index contributed by atoms with van der Waals surface area (Å²) in [4.78, 5) is 4.64. The van der Waals surface area contributed by atoms with E-state index in [4.69, 9.17) is 0 Å². The molecule has 2 unspecified atom stereocenters. The average molecular weight is 344 g/mol. The first-order valence-corrected chi connectivity index (χ1v) is 8.82. The zero-order valence-corrected chi connectivity index (χ0v) is 14.6. The second kappa shape index (κ2) is 6.97. The van der Waals surface area contributed by atoms with Crippen LogP contribution in [-0.4, -0.2) is 22.7 Å². The number of thiazole rings is 1. The Morgan fingerprint density at radius 3 is 2.62 bits per heavy atom. The quantitative estimate of drug-likeness (QED) is 0.714. The molecule has 0 saturated carbocycles. The molecule has 0 aliphatic carbocycles. The van der Waals surface area contributed by atoms with Gasteiger partial charge in [0, 0.05) is 19.0 Å². The van der Waals surface area contributed by atoms with E-state index in [2.05, 4.69) is 23.3 Å². The molecule has 0 saturated heterocycles. The summed E-state index contributed by atoms with van der Waals surface area (Å²) < 4.78 is 14.2. The molecule has 3 rings (SSSR count). The lowest BCUT2D eigenvalue weighted by atomic mass is 9.95. The number of aliphatic hydroxyl groups is 1. The lowest BCUT2D eigenvalue weighted by molar-refractivity contribution is 0.0543.